The highest BCUT2D eigenvalue weighted by atomic mass is 15.0. The van der Waals surface area contributed by atoms with Crippen LogP contribution in [0.5, 0.6) is 0 Å². The molecule has 0 aromatic carbocycles. The maximum Gasteiger partial charge on any atom is 0.140 e. The smallest absolute Gasteiger partial charge is 0.140 e. The van der Waals surface area contributed by atoms with Gasteiger partial charge < -0.3 is 9.47 Å². The Morgan fingerprint density at radius 1 is 1.10 bits per heavy atom. The first-order valence-corrected chi connectivity index (χ1v) is 6.65. The zero-order chi connectivity index (χ0) is 14.1. The third-order valence-corrected chi connectivity index (χ3v) is 3.37. The maximum absolute atomic E-state index is 4.60. The Kier molecular flexibility index (Phi) is 3.24. The van der Waals surface area contributed by atoms with Crippen LogP contribution in [-0.2, 0) is 13.6 Å². The Morgan fingerprint density at radius 3 is 2.65 bits per heavy atom. The highest BCUT2D eigenvalue weighted by Crippen LogP contribution is 2.26. The summed E-state index contributed by atoms with van der Waals surface area (Å²) in [5.41, 5.74) is 4.33. The van der Waals surface area contributed by atoms with Gasteiger partial charge in [-0.25, -0.2) is 4.98 Å². The molecule has 0 spiro atoms. The molecule has 3 aromatic rings. The van der Waals surface area contributed by atoms with Gasteiger partial charge in [-0.15, -0.1) is 0 Å². The van der Waals surface area contributed by atoms with Gasteiger partial charge >= 0.3 is 0 Å². The van der Waals surface area contributed by atoms with Crippen LogP contribution in [-0.4, -0.2) is 33.5 Å². The average molecular weight is 266 g/mol. The van der Waals surface area contributed by atoms with Crippen molar-refractivity contribution in [1.29, 1.82) is 0 Å². The lowest BCUT2D eigenvalue weighted by Crippen LogP contribution is -2.10. The molecule has 0 aliphatic carbocycles. The molecule has 0 aliphatic rings. The van der Waals surface area contributed by atoms with Crippen molar-refractivity contribution in [1.82, 2.24) is 19.4 Å². The normalized spacial score (nSPS) is 11.4. The molecule has 0 bridgehead atoms. The minimum absolute atomic E-state index is 0.907. The standard InChI is InChI=1S/C16H18N4/c1-19(2)11-12-4-5-15(18-10-12)13-6-8-17-16-14(13)7-9-20(16)3/h4-10H,11H2,1-3H3. The van der Waals surface area contributed by atoms with E-state index in [1.54, 1.807) is 0 Å². The monoisotopic (exact) mass is 266 g/mol. The molecule has 20 heavy (non-hydrogen) atoms. The van der Waals surface area contributed by atoms with E-state index in [-0.39, 0.29) is 0 Å². The van der Waals surface area contributed by atoms with Crippen LogP contribution in [0.4, 0.5) is 0 Å². The summed E-state index contributed by atoms with van der Waals surface area (Å²) < 4.78 is 2.03. The molecular weight excluding hydrogens is 248 g/mol. The second-order valence-electron chi connectivity index (χ2n) is 5.31. The summed E-state index contributed by atoms with van der Waals surface area (Å²) in [6.45, 7) is 0.907. The Morgan fingerprint density at radius 2 is 1.95 bits per heavy atom. The lowest BCUT2D eigenvalue weighted by molar-refractivity contribution is 0.402. The van der Waals surface area contributed by atoms with Gasteiger partial charge in [0.05, 0.1) is 5.69 Å². The second-order valence-corrected chi connectivity index (χ2v) is 5.31. The van der Waals surface area contributed by atoms with E-state index in [0.717, 1.165) is 28.8 Å². The fourth-order valence-corrected chi connectivity index (χ4v) is 2.43. The highest BCUT2D eigenvalue weighted by molar-refractivity contribution is 5.92. The minimum atomic E-state index is 0.907. The van der Waals surface area contributed by atoms with Crippen molar-refractivity contribution in [2.24, 2.45) is 7.05 Å². The number of aromatic nitrogens is 3. The number of nitrogens with zero attached hydrogens (tertiary/aromatic N) is 4. The molecule has 0 N–H and O–H groups in total. The van der Waals surface area contributed by atoms with Crippen LogP contribution < -0.4 is 0 Å². The lowest BCUT2D eigenvalue weighted by atomic mass is 10.1. The van der Waals surface area contributed by atoms with Gasteiger partial charge in [-0.1, -0.05) is 6.07 Å². The first-order chi connectivity index (χ1) is 9.65. The molecule has 3 aromatic heterocycles. The van der Waals surface area contributed by atoms with E-state index in [0.29, 0.717) is 0 Å². The topological polar surface area (TPSA) is 34.0 Å². The summed E-state index contributed by atoms with van der Waals surface area (Å²) in [7, 11) is 6.13. The minimum Gasteiger partial charge on any atom is -0.336 e. The Hall–Kier alpha value is -2.20. The zero-order valence-electron chi connectivity index (χ0n) is 12.0. The molecule has 3 heterocycles. The third-order valence-electron chi connectivity index (χ3n) is 3.37. The molecule has 0 radical (unpaired) electrons. The number of fused-ring (bicyclic) bond motifs is 1. The van der Waals surface area contributed by atoms with E-state index < -0.39 is 0 Å². The summed E-state index contributed by atoms with van der Waals surface area (Å²) >= 11 is 0. The van der Waals surface area contributed by atoms with Crippen molar-refractivity contribution < 1.29 is 0 Å². The van der Waals surface area contributed by atoms with Crippen LogP contribution in [0.1, 0.15) is 5.56 Å². The molecule has 0 saturated carbocycles. The molecule has 3 rings (SSSR count). The Labute approximate surface area is 118 Å². The quantitative estimate of drug-likeness (QED) is 0.731. The molecule has 0 aliphatic heterocycles. The molecule has 0 amide bonds. The van der Waals surface area contributed by atoms with Gasteiger partial charge in [0.2, 0.25) is 0 Å². The third kappa shape index (κ3) is 2.30. The summed E-state index contributed by atoms with van der Waals surface area (Å²) in [5.74, 6) is 0. The van der Waals surface area contributed by atoms with E-state index >= 15 is 0 Å². The SMILES string of the molecule is CN(C)Cc1ccc(-c2ccnc3c2ccn3C)nc1. The van der Waals surface area contributed by atoms with E-state index in [9.17, 15) is 0 Å². The van der Waals surface area contributed by atoms with Crippen molar-refractivity contribution in [3.63, 3.8) is 0 Å². The van der Waals surface area contributed by atoms with Gasteiger partial charge in [0.15, 0.2) is 0 Å². The molecular formula is C16H18N4. The van der Waals surface area contributed by atoms with E-state index in [1.165, 1.54) is 5.56 Å². The van der Waals surface area contributed by atoms with Crippen molar-refractivity contribution >= 4 is 11.0 Å². The van der Waals surface area contributed by atoms with Crippen LogP contribution in [0.2, 0.25) is 0 Å². The van der Waals surface area contributed by atoms with Gasteiger partial charge in [0, 0.05) is 43.1 Å². The van der Waals surface area contributed by atoms with Crippen molar-refractivity contribution in [3.05, 3.63) is 48.4 Å². The number of aryl methyl sites for hydroxylation is 1. The number of pyridine rings is 2. The highest BCUT2D eigenvalue weighted by Gasteiger charge is 2.08. The van der Waals surface area contributed by atoms with Crippen molar-refractivity contribution in [2.45, 2.75) is 6.54 Å². The zero-order valence-corrected chi connectivity index (χ0v) is 12.0. The largest absolute Gasteiger partial charge is 0.336 e. The van der Waals surface area contributed by atoms with Gasteiger partial charge in [0.25, 0.3) is 0 Å². The first kappa shape index (κ1) is 12.8. The molecule has 4 heteroatoms. The number of hydrogen-bond donors (Lipinski definition) is 0. The molecule has 0 unspecified atom stereocenters. The van der Waals surface area contributed by atoms with Crippen LogP contribution in [0.3, 0.4) is 0 Å². The van der Waals surface area contributed by atoms with Crippen LogP contribution in [0.15, 0.2) is 42.9 Å². The maximum atomic E-state index is 4.60. The van der Waals surface area contributed by atoms with Crippen molar-refractivity contribution in [2.75, 3.05) is 14.1 Å². The van der Waals surface area contributed by atoms with Crippen molar-refractivity contribution in [3.8, 4) is 11.3 Å². The summed E-state index contributed by atoms with van der Waals surface area (Å²) in [4.78, 5) is 11.1. The second kappa shape index (κ2) is 5.06. The number of rotatable bonds is 3. The Balaban J connectivity index is 2.02. The predicted molar refractivity (Wildman–Crippen MR) is 81.3 cm³/mol. The van der Waals surface area contributed by atoms with E-state index in [4.69, 9.17) is 0 Å². The molecule has 4 nitrogen and oxygen atoms in total. The summed E-state index contributed by atoms with van der Waals surface area (Å²) in [6, 6.07) is 8.33. The van der Waals surface area contributed by atoms with Crippen LogP contribution >= 0.6 is 0 Å². The average Bonchev–Trinajstić information content (AvgIpc) is 2.81. The van der Waals surface area contributed by atoms with E-state index in [2.05, 4.69) is 47.2 Å². The fraction of sp³-hybridized carbons (Fsp3) is 0.250. The molecule has 0 saturated heterocycles. The summed E-state index contributed by atoms with van der Waals surface area (Å²) in [6.07, 6.45) is 5.82. The summed E-state index contributed by atoms with van der Waals surface area (Å²) in [5, 5.41) is 1.14. The van der Waals surface area contributed by atoms with Gasteiger partial charge in [-0.05, 0) is 37.9 Å². The molecule has 0 atom stereocenters. The van der Waals surface area contributed by atoms with Crippen LogP contribution in [0, 0.1) is 0 Å². The molecule has 0 fully saturated rings. The van der Waals surface area contributed by atoms with Crippen LogP contribution in [0.25, 0.3) is 22.3 Å². The van der Waals surface area contributed by atoms with Gasteiger partial charge in [-0.2, -0.15) is 0 Å². The van der Waals surface area contributed by atoms with Gasteiger partial charge in [-0.3, -0.25) is 4.98 Å². The van der Waals surface area contributed by atoms with Gasteiger partial charge in [0.1, 0.15) is 5.65 Å². The fourth-order valence-electron chi connectivity index (χ4n) is 2.43. The number of hydrogen-bond acceptors (Lipinski definition) is 3. The van der Waals surface area contributed by atoms with E-state index in [1.807, 2.05) is 36.3 Å². The predicted octanol–water partition coefficient (Wildman–Crippen LogP) is 2.70. The first-order valence-electron chi connectivity index (χ1n) is 6.65. The Bertz CT molecular complexity index is 726. The lowest BCUT2D eigenvalue weighted by Gasteiger charge is -2.10. The molecule has 102 valence electrons.